The first kappa shape index (κ1) is 11.0. The van der Waals surface area contributed by atoms with E-state index in [4.69, 9.17) is 0 Å². The van der Waals surface area contributed by atoms with E-state index in [1.807, 2.05) is 36.4 Å². The Bertz CT molecular complexity index is 428. The topological polar surface area (TPSA) is 37.3 Å². The smallest absolute Gasteiger partial charge is 0.341 e. The Morgan fingerprint density at radius 3 is 1.50 bits per heavy atom. The van der Waals surface area contributed by atoms with E-state index in [0.29, 0.717) is 11.1 Å². The highest BCUT2D eigenvalue weighted by atomic mass is 31.1. The van der Waals surface area contributed by atoms with Crippen molar-refractivity contribution < 1.29 is 9.67 Å². The first-order chi connectivity index (χ1) is 7.77. The molecule has 2 aromatic rings. The molecule has 0 spiro atoms. The predicted octanol–water partition coefficient (Wildman–Crippen LogP) is 2.90. The largest absolute Gasteiger partial charge is 0.369 e. The van der Waals surface area contributed by atoms with E-state index in [0.717, 1.165) is 0 Å². The summed E-state index contributed by atoms with van der Waals surface area (Å²) in [6.07, 6.45) is 0. The van der Waals surface area contributed by atoms with Crippen LogP contribution >= 0.6 is 8.46 Å². The molecule has 3 heteroatoms. The van der Waals surface area contributed by atoms with Gasteiger partial charge in [0.25, 0.3) is 0 Å². The second kappa shape index (κ2) is 4.56. The summed E-state index contributed by atoms with van der Waals surface area (Å²) in [5.74, 6) is 0. The fourth-order valence-electron chi connectivity index (χ4n) is 1.64. The maximum Gasteiger partial charge on any atom is 0.369 e. The van der Waals surface area contributed by atoms with Gasteiger partial charge < -0.3 is 5.11 Å². The van der Waals surface area contributed by atoms with E-state index in [-0.39, 0.29) is 0 Å². The molecule has 2 rings (SSSR count). The van der Waals surface area contributed by atoms with E-state index < -0.39 is 13.8 Å². The summed E-state index contributed by atoms with van der Waals surface area (Å²) in [5.41, 5.74) is 1.30. The third-order valence-corrected chi connectivity index (χ3v) is 3.40. The van der Waals surface area contributed by atoms with Gasteiger partial charge in [-0.2, -0.15) is 0 Å². The second-order valence-corrected chi connectivity index (χ2v) is 4.47. The van der Waals surface area contributed by atoms with Crippen LogP contribution in [0.15, 0.2) is 60.7 Å². The molecule has 0 aromatic heterocycles. The van der Waals surface area contributed by atoms with Crippen LogP contribution in [0.2, 0.25) is 0 Å². The Morgan fingerprint density at radius 1 is 0.812 bits per heavy atom. The lowest BCUT2D eigenvalue weighted by molar-refractivity contribution is 0.173. The van der Waals surface area contributed by atoms with E-state index in [1.165, 1.54) is 0 Å². The summed E-state index contributed by atoms with van der Waals surface area (Å²) < 4.78 is 11.3. The summed E-state index contributed by atoms with van der Waals surface area (Å²) in [6.45, 7) is 0. The van der Waals surface area contributed by atoms with Gasteiger partial charge in [0.1, 0.15) is 0 Å². The molecule has 0 heterocycles. The summed E-state index contributed by atoms with van der Waals surface area (Å²) in [4.78, 5) is 0. The summed E-state index contributed by atoms with van der Waals surface area (Å²) in [7, 11) is -0.838. The molecule has 1 atom stereocenters. The van der Waals surface area contributed by atoms with Crippen LogP contribution in [0.1, 0.15) is 11.1 Å². The van der Waals surface area contributed by atoms with Gasteiger partial charge in [-0.05, 0) is 0 Å². The molecule has 0 aliphatic carbocycles. The number of aliphatic hydroxyl groups is 1. The van der Waals surface area contributed by atoms with Gasteiger partial charge in [-0.3, -0.25) is 0 Å². The lowest BCUT2D eigenvalue weighted by atomic mass is 10.0. The standard InChI is InChI=1S/C13H11O2P/c14-13(16-15,11-7-3-1-4-8-11)12-9-5-2-6-10-12/h1-10,14H/p+1. The highest BCUT2D eigenvalue weighted by Gasteiger charge is 2.40. The van der Waals surface area contributed by atoms with Crippen LogP contribution in [-0.4, -0.2) is 5.11 Å². The molecule has 1 N–H and O–H groups in total. The third kappa shape index (κ3) is 1.90. The average Bonchev–Trinajstić information content (AvgIpc) is 2.40. The molecule has 0 aliphatic heterocycles. The van der Waals surface area contributed by atoms with Gasteiger partial charge >= 0.3 is 13.8 Å². The van der Waals surface area contributed by atoms with E-state index in [1.54, 1.807) is 24.3 Å². The number of hydrogen-bond acceptors (Lipinski definition) is 2. The maximum absolute atomic E-state index is 11.3. The molecule has 0 aliphatic rings. The van der Waals surface area contributed by atoms with Crippen LogP contribution in [0.25, 0.3) is 0 Å². The molecule has 80 valence electrons. The van der Waals surface area contributed by atoms with Gasteiger partial charge in [-0.1, -0.05) is 65.2 Å². The minimum atomic E-state index is -1.40. The minimum absolute atomic E-state index is 0.648. The van der Waals surface area contributed by atoms with Crippen molar-refractivity contribution in [3.8, 4) is 0 Å². The summed E-state index contributed by atoms with van der Waals surface area (Å²) in [6, 6.07) is 18.1. The zero-order valence-electron chi connectivity index (χ0n) is 8.63. The molecule has 0 amide bonds. The quantitative estimate of drug-likeness (QED) is 0.824. The van der Waals surface area contributed by atoms with Crippen molar-refractivity contribution in [3.63, 3.8) is 0 Å². The number of hydrogen-bond donors (Lipinski definition) is 1. The molecule has 0 bridgehead atoms. The number of rotatable bonds is 3. The van der Waals surface area contributed by atoms with Crippen molar-refractivity contribution in [1.29, 1.82) is 0 Å². The van der Waals surface area contributed by atoms with Crippen molar-refractivity contribution in [1.82, 2.24) is 0 Å². The van der Waals surface area contributed by atoms with Crippen molar-refractivity contribution in [2.75, 3.05) is 0 Å². The van der Waals surface area contributed by atoms with Crippen molar-refractivity contribution in [2.24, 2.45) is 0 Å². The zero-order valence-corrected chi connectivity index (χ0v) is 9.63. The summed E-state index contributed by atoms with van der Waals surface area (Å²) >= 11 is 0. The highest BCUT2D eigenvalue weighted by molar-refractivity contribution is 7.25. The molecular formula is C13H12O2P+. The predicted molar refractivity (Wildman–Crippen MR) is 64.9 cm³/mol. The first-order valence-electron chi connectivity index (χ1n) is 5.00. The Kier molecular flexibility index (Phi) is 3.14. The van der Waals surface area contributed by atoms with Gasteiger partial charge in [-0.15, -0.1) is 0 Å². The van der Waals surface area contributed by atoms with Crippen LogP contribution in [0.4, 0.5) is 0 Å². The van der Waals surface area contributed by atoms with E-state index >= 15 is 0 Å². The fourth-order valence-corrected chi connectivity index (χ4v) is 2.21. The van der Waals surface area contributed by atoms with Gasteiger partial charge in [-0.25, -0.2) is 0 Å². The van der Waals surface area contributed by atoms with Crippen molar-refractivity contribution in [2.45, 2.75) is 5.34 Å². The molecule has 2 aromatic carbocycles. The van der Waals surface area contributed by atoms with Crippen molar-refractivity contribution in [3.05, 3.63) is 71.8 Å². The van der Waals surface area contributed by atoms with Gasteiger partial charge in [0.05, 0.1) is 0 Å². The fraction of sp³-hybridized carbons (Fsp3) is 0.0769. The molecule has 2 nitrogen and oxygen atoms in total. The average molecular weight is 231 g/mol. The molecular weight excluding hydrogens is 219 g/mol. The van der Waals surface area contributed by atoms with E-state index in [9.17, 15) is 9.67 Å². The second-order valence-electron chi connectivity index (χ2n) is 3.54. The lowest BCUT2D eigenvalue weighted by Gasteiger charge is -2.14. The third-order valence-electron chi connectivity index (χ3n) is 2.53. The Balaban J connectivity index is 2.53. The zero-order chi connectivity index (χ0) is 11.4. The monoisotopic (exact) mass is 231 g/mol. The van der Waals surface area contributed by atoms with E-state index in [2.05, 4.69) is 0 Å². The van der Waals surface area contributed by atoms with Crippen LogP contribution in [0.3, 0.4) is 0 Å². The van der Waals surface area contributed by atoms with Crippen LogP contribution in [0, 0.1) is 0 Å². The molecule has 0 saturated heterocycles. The van der Waals surface area contributed by atoms with Gasteiger partial charge in [0.15, 0.2) is 0 Å². The lowest BCUT2D eigenvalue weighted by Crippen LogP contribution is -2.19. The van der Waals surface area contributed by atoms with Crippen LogP contribution < -0.4 is 0 Å². The van der Waals surface area contributed by atoms with Crippen LogP contribution in [0.5, 0.6) is 0 Å². The summed E-state index contributed by atoms with van der Waals surface area (Å²) in [5, 5.41) is 9.06. The van der Waals surface area contributed by atoms with Crippen LogP contribution in [-0.2, 0) is 9.91 Å². The van der Waals surface area contributed by atoms with Gasteiger partial charge in [0.2, 0.25) is 0 Å². The molecule has 0 radical (unpaired) electrons. The first-order valence-corrected chi connectivity index (χ1v) is 5.91. The molecule has 0 fully saturated rings. The molecule has 1 unspecified atom stereocenters. The normalized spacial score (nSPS) is 11.6. The minimum Gasteiger partial charge on any atom is -0.341 e. The SMILES string of the molecule is O=[PH+]C(O)(c1ccccc1)c1ccccc1. The highest BCUT2D eigenvalue weighted by Crippen LogP contribution is 2.38. The Morgan fingerprint density at radius 2 is 1.19 bits per heavy atom. The van der Waals surface area contributed by atoms with Gasteiger partial charge in [0, 0.05) is 11.1 Å². The maximum atomic E-state index is 11.3. The molecule has 16 heavy (non-hydrogen) atoms. The number of benzene rings is 2. The Hall–Kier alpha value is -1.50. The molecule has 0 saturated carbocycles. The Labute approximate surface area is 95.8 Å². The van der Waals surface area contributed by atoms with Crippen molar-refractivity contribution >= 4 is 8.46 Å².